The third kappa shape index (κ3) is 5.19. The quantitative estimate of drug-likeness (QED) is 0.270. The smallest absolute Gasteiger partial charge is 0.414 e. The van der Waals surface area contributed by atoms with Gasteiger partial charge in [-0.15, -0.1) is 5.10 Å². The number of alkyl halides is 2. The van der Waals surface area contributed by atoms with Crippen LogP contribution in [0, 0.1) is 11.3 Å². The van der Waals surface area contributed by atoms with E-state index in [4.69, 9.17) is 18.7 Å². The first-order valence-electron chi connectivity index (χ1n) is 15.4. The molecule has 5 fully saturated rings. The number of nitrogens with zero attached hydrogens (tertiary/aromatic N) is 5. The van der Waals surface area contributed by atoms with E-state index in [-0.39, 0.29) is 48.5 Å². The number of halogens is 2. The molecular formula is C31H37F2N5O4. The van der Waals surface area contributed by atoms with E-state index in [1.54, 1.807) is 0 Å². The minimum Gasteiger partial charge on any atom is -0.449 e. The Morgan fingerprint density at radius 3 is 2.45 bits per heavy atom. The van der Waals surface area contributed by atoms with Crippen molar-refractivity contribution in [3.63, 3.8) is 0 Å². The molecule has 42 heavy (non-hydrogen) atoms. The number of hydrogen-bond acceptors (Lipinski definition) is 8. The average Bonchev–Trinajstić information content (AvgIpc) is 3.53. The van der Waals surface area contributed by atoms with Gasteiger partial charge in [0.25, 0.3) is 5.89 Å². The molecule has 9 nitrogen and oxygen atoms in total. The second-order valence-electron chi connectivity index (χ2n) is 12.9. The number of hydrogen-bond donors (Lipinski definition) is 0. The normalized spacial score (nSPS) is 27.2. The molecule has 0 aliphatic heterocycles. The number of benzene rings is 1. The van der Waals surface area contributed by atoms with E-state index in [2.05, 4.69) is 15.4 Å². The van der Waals surface area contributed by atoms with Crippen LogP contribution in [-0.4, -0.2) is 45.3 Å². The van der Waals surface area contributed by atoms with Crippen molar-refractivity contribution in [1.82, 2.24) is 20.3 Å². The van der Waals surface area contributed by atoms with E-state index in [0.717, 1.165) is 63.1 Å². The van der Waals surface area contributed by atoms with Crippen molar-refractivity contribution in [1.29, 1.82) is 0 Å². The maximum Gasteiger partial charge on any atom is 0.414 e. The molecule has 0 atom stereocenters. The number of amides is 1. The number of carbonyl (C=O) groups is 1. The summed E-state index contributed by atoms with van der Waals surface area (Å²) in [5.41, 5.74) is 1.25. The van der Waals surface area contributed by atoms with E-state index in [9.17, 15) is 13.6 Å². The highest BCUT2D eigenvalue weighted by molar-refractivity contribution is 5.95. The number of anilines is 1. The van der Waals surface area contributed by atoms with E-state index >= 15 is 0 Å². The lowest BCUT2D eigenvalue weighted by molar-refractivity contribution is -0.127. The predicted octanol–water partition coefficient (Wildman–Crippen LogP) is 6.85. The van der Waals surface area contributed by atoms with Crippen LogP contribution in [0.3, 0.4) is 0 Å². The summed E-state index contributed by atoms with van der Waals surface area (Å²) >= 11 is 0. The molecule has 0 spiro atoms. The third-order valence-electron chi connectivity index (χ3n) is 10.1. The molecule has 5 saturated carbocycles. The zero-order valence-electron chi connectivity index (χ0n) is 24.0. The van der Waals surface area contributed by atoms with Crippen molar-refractivity contribution in [2.75, 3.05) is 18.1 Å². The molecule has 224 valence electrons. The highest BCUT2D eigenvalue weighted by atomic mass is 19.3. The van der Waals surface area contributed by atoms with Gasteiger partial charge in [0, 0.05) is 47.9 Å². The fraction of sp³-hybridized carbons (Fsp3) is 0.645. The topological polar surface area (TPSA) is 107 Å². The Balaban J connectivity index is 1.14. The number of fused-ring (bicyclic) bond motifs is 3. The minimum absolute atomic E-state index is 0.0576. The van der Waals surface area contributed by atoms with Crippen molar-refractivity contribution in [2.45, 2.75) is 101 Å². The maximum absolute atomic E-state index is 14.1. The van der Waals surface area contributed by atoms with Crippen LogP contribution in [0.1, 0.15) is 102 Å². The summed E-state index contributed by atoms with van der Waals surface area (Å²) in [5.74, 6) is -0.806. The van der Waals surface area contributed by atoms with E-state index in [1.807, 2.05) is 36.1 Å². The van der Waals surface area contributed by atoms with Gasteiger partial charge in [-0.2, -0.15) is 4.98 Å². The molecule has 2 aromatic heterocycles. The molecule has 11 heteroatoms. The van der Waals surface area contributed by atoms with Crippen LogP contribution in [-0.2, 0) is 10.2 Å². The number of ether oxygens (including phenoxy) is 1. The van der Waals surface area contributed by atoms with E-state index in [0.29, 0.717) is 36.2 Å². The Bertz CT molecular complexity index is 1420. The standard InChI is InChI=1S/C31H37F2N5O4/c1-2-40-28-36-35-25(41-28)22-4-3-5-23(18-22)38(26(39)21-8-10-31(32,33)11-9-21)19-29-12-15-30(16-13-29,17-14-29)27-34-24(37-42-27)20-6-7-20/h3-5,18,20-21H,2,6-17,19H2,1H3. The minimum atomic E-state index is -2.69. The van der Waals surface area contributed by atoms with Crippen LogP contribution in [0.15, 0.2) is 33.2 Å². The fourth-order valence-electron chi connectivity index (χ4n) is 7.23. The summed E-state index contributed by atoms with van der Waals surface area (Å²) in [6.07, 6.45) is 7.92. The van der Waals surface area contributed by atoms with Gasteiger partial charge in [0.15, 0.2) is 5.82 Å². The molecule has 2 heterocycles. The lowest BCUT2D eigenvalue weighted by Gasteiger charge is -2.53. The van der Waals surface area contributed by atoms with Crippen molar-refractivity contribution in [2.24, 2.45) is 11.3 Å². The SMILES string of the molecule is CCOc1nnc(-c2cccc(N(CC34CCC(c5nc(C6CC6)no5)(CC3)CC4)C(=O)C3CCC(F)(F)CC3)c2)o1. The van der Waals surface area contributed by atoms with Gasteiger partial charge in [-0.05, 0) is 94.7 Å². The first-order chi connectivity index (χ1) is 20.3. The lowest BCUT2D eigenvalue weighted by Crippen LogP contribution is -2.52. The summed E-state index contributed by atoms with van der Waals surface area (Å²) in [4.78, 5) is 20.8. The Labute approximate surface area is 243 Å². The average molecular weight is 582 g/mol. The molecule has 0 radical (unpaired) electrons. The van der Waals surface area contributed by atoms with Gasteiger partial charge >= 0.3 is 6.08 Å². The van der Waals surface area contributed by atoms with E-state index < -0.39 is 11.8 Å². The summed E-state index contributed by atoms with van der Waals surface area (Å²) in [6, 6.07) is 7.50. The Hall–Kier alpha value is -3.37. The molecular weight excluding hydrogens is 544 g/mol. The molecule has 1 amide bonds. The first kappa shape index (κ1) is 27.5. The van der Waals surface area contributed by atoms with Crippen LogP contribution in [0.25, 0.3) is 11.5 Å². The van der Waals surface area contributed by atoms with E-state index in [1.165, 1.54) is 0 Å². The Kier molecular flexibility index (Phi) is 6.81. The lowest BCUT2D eigenvalue weighted by atomic mass is 9.53. The predicted molar refractivity (Wildman–Crippen MR) is 148 cm³/mol. The molecule has 0 N–H and O–H groups in total. The second kappa shape index (κ2) is 10.4. The molecule has 5 aliphatic carbocycles. The van der Waals surface area contributed by atoms with Gasteiger partial charge in [0.2, 0.25) is 17.7 Å². The zero-order chi connectivity index (χ0) is 29.0. The zero-order valence-corrected chi connectivity index (χ0v) is 24.0. The third-order valence-corrected chi connectivity index (χ3v) is 10.1. The maximum atomic E-state index is 14.1. The Morgan fingerprint density at radius 1 is 1.02 bits per heavy atom. The summed E-state index contributed by atoms with van der Waals surface area (Å²) in [6.45, 7) is 2.79. The number of rotatable bonds is 9. The van der Waals surface area contributed by atoms with Crippen molar-refractivity contribution in [3.8, 4) is 17.5 Å². The van der Waals surface area contributed by atoms with Crippen molar-refractivity contribution >= 4 is 11.6 Å². The van der Waals surface area contributed by atoms with Crippen LogP contribution in [0.4, 0.5) is 14.5 Å². The first-order valence-corrected chi connectivity index (χ1v) is 15.4. The number of aromatic nitrogens is 4. The number of carbonyl (C=O) groups excluding carboxylic acids is 1. The molecule has 3 aromatic rings. The van der Waals surface area contributed by atoms with Crippen LogP contribution in [0.2, 0.25) is 0 Å². The van der Waals surface area contributed by atoms with Crippen molar-refractivity contribution < 1.29 is 27.3 Å². The van der Waals surface area contributed by atoms with Crippen LogP contribution >= 0.6 is 0 Å². The van der Waals surface area contributed by atoms with Crippen LogP contribution < -0.4 is 9.64 Å². The van der Waals surface area contributed by atoms with Gasteiger partial charge in [0.05, 0.1) is 6.61 Å². The van der Waals surface area contributed by atoms with Crippen LogP contribution in [0.5, 0.6) is 6.08 Å². The molecule has 0 unspecified atom stereocenters. The molecule has 0 saturated heterocycles. The highest BCUT2D eigenvalue weighted by Gasteiger charge is 2.53. The largest absolute Gasteiger partial charge is 0.449 e. The van der Waals surface area contributed by atoms with Gasteiger partial charge in [-0.25, -0.2) is 8.78 Å². The molecule has 8 rings (SSSR count). The summed E-state index contributed by atoms with van der Waals surface area (Å²) in [5, 5.41) is 12.3. The summed E-state index contributed by atoms with van der Waals surface area (Å²) in [7, 11) is 0. The fourth-order valence-corrected chi connectivity index (χ4v) is 7.23. The van der Waals surface area contributed by atoms with Crippen molar-refractivity contribution in [3.05, 3.63) is 36.0 Å². The van der Waals surface area contributed by atoms with Gasteiger partial charge in [-0.1, -0.05) is 16.3 Å². The van der Waals surface area contributed by atoms with Gasteiger partial charge in [-0.3, -0.25) is 4.79 Å². The Morgan fingerprint density at radius 2 is 1.76 bits per heavy atom. The second-order valence-corrected chi connectivity index (χ2v) is 12.9. The molecule has 2 bridgehead atoms. The highest BCUT2D eigenvalue weighted by Crippen LogP contribution is 2.58. The monoisotopic (exact) mass is 581 g/mol. The van der Waals surface area contributed by atoms with Gasteiger partial charge in [0.1, 0.15) is 0 Å². The summed E-state index contributed by atoms with van der Waals surface area (Å²) < 4.78 is 44.8. The molecule has 5 aliphatic rings. The molecule has 1 aromatic carbocycles. The van der Waals surface area contributed by atoms with Gasteiger partial charge < -0.3 is 18.6 Å².